The van der Waals surface area contributed by atoms with E-state index >= 15 is 0 Å². The Labute approximate surface area is 158 Å². The second-order valence-electron chi connectivity index (χ2n) is 5.93. The van der Waals surface area contributed by atoms with Gasteiger partial charge in [0.1, 0.15) is 5.02 Å². The average Bonchev–Trinajstić information content (AvgIpc) is 3.09. The summed E-state index contributed by atoms with van der Waals surface area (Å²) in [6, 6.07) is 14.3. The highest BCUT2D eigenvalue weighted by Gasteiger charge is 2.14. The summed E-state index contributed by atoms with van der Waals surface area (Å²) in [5.74, 6) is 0.233. The molecule has 0 spiro atoms. The third-order valence-electron chi connectivity index (χ3n) is 4.04. The molecule has 134 valence electrons. The van der Waals surface area contributed by atoms with E-state index in [0.29, 0.717) is 16.9 Å². The lowest BCUT2D eigenvalue weighted by Gasteiger charge is -2.10. The molecule has 0 radical (unpaired) electrons. The summed E-state index contributed by atoms with van der Waals surface area (Å²) < 4.78 is 1.11. The van der Waals surface area contributed by atoms with E-state index in [2.05, 4.69) is 20.4 Å². The van der Waals surface area contributed by atoms with Crippen molar-refractivity contribution in [3.63, 3.8) is 0 Å². The van der Waals surface area contributed by atoms with Gasteiger partial charge in [0, 0.05) is 11.3 Å². The fraction of sp³-hybridized carbons (Fsp3) is 0.0526. The van der Waals surface area contributed by atoms with Crippen molar-refractivity contribution in [1.29, 1.82) is 0 Å². The van der Waals surface area contributed by atoms with Gasteiger partial charge < -0.3 is 10.3 Å². The predicted molar refractivity (Wildman–Crippen MR) is 104 cm³/mol. The summed E-state index contributed by atoms with van der Waals surface area (Å²) >= 11 is 6.25. The van der Waals surface area contributed by atoms with Crippen LogP contribution >= 0.6 is 11.6 Å². The molecule has 0 saturated carbocycles. The van der Waals surface area contributed by atoms with Gasteiger partial charge in [-0.25, -0.2) is 4.98 Å². The Kier molecular flexibility index (Phi) is 4.21. The van der Waals surface area contributed by atoms with Crippen molar-refractivity contribution in [3.8, 4) is 5.95 Å². The number of imidazole rings is 1. The standard InChI is InChI=1S/C19H14ClN5O2/c1-11(26)12-5-4-6-13(9-12)22-16-10-21-25(18(27)17(16)20)19-23-14-7-2-3-8-15(14)24-19/h2-10,22H,1H3,(H,23,24). The maximum Gasteiger partial charge on any atom is 0.295 e. The number of hydrogen-bond acceptors (Lipinski definition) is 5. The molecule has 0 atom stereocenters. The Bertz CT molecular complexity index is 1200. The van der Waals surface area contributed by atoms with Crippen LogP contribution in [0.5, 0.6) is 0 Å². The molecule has 0 saturated heterocycles. The number of carbonyl (C=O) groups excluding carboxylic acids is 1. The fourth-order valence-electron chi connectivity index (χ4n) is 2.68. The highest BCUT2D eigenvalue weighted by atomic mass is 35.5. The van der Waals surface area contributed by atoms with E-state index in [0.717, 1.165) is 15.7 Å². The second kappa shape index (κ2) is 6.69. The van der Waals surface area contributed by atoms with Gasteiger partial charge in [0.15, 0.2) is 5.78 Å². The third-order valence-corrected chi connectivity index (χ3v) is 4.41. The first kappa shape index (κ1) is 17.0. The topological polar surface area (TPSA) is 92.7 Å². The van der Waals surface area contributed by atoms with Crippen LogP contribution in [-0.4, -0.2) is 25.5 Å². The van der Waals surface area contributed by atoms with Crippen molar-refractivity contribution in [2.24, 2.45) is 0 Å². The highest BCUT2D eigenvalue weighted by molar-refractivity contribution is 6.33. The molecular formula is C19H14ClN5O2. The van der Waals surface area contributed by atoms with Crippen LogP contribution in [0.2, 0.25) is 5.02 Å². The van der Waals surface area contributed by atoms with E-state index in [4.69, 9.17) is 11.6 Å². The average molecular weight is 380 g/mol. The van der Waals surface area contributed by atoms with Crippen molar-refractivity contribution in [3.05, 3.63) is 75.7 Å². The lowest BCUT2D eigenvalue weighted by molar-refractivity contribution is 0.101. The lowest BCUT2D eigenvalue weighted by Crippen LogP contribution is -2.23. The zero-order valence-corrected chi connectivity index (χ0v) is 15.0. The van der Waals surface area contributed by atoms with E-state index in [1.54, 1.807) is 24.3 Å². The normalized spacial score (nSPS) is 10.9. The molecule has 2 heterocycles. The number of Topliss-reactive ketones (excluding diaryl/α,β-unsaturated/α-hetero) is 1. The van der Waals surface area contributed by atoms with Gasteiger partial charge in [-0.1, -0.05) is 35.9 Å². The Balaban J connectivity index is 1.71. The summed E-state index contributed by atoms with van der Waals surface area (Å²) in [7, 11) is 0. The number of para-hydroxylation sites is 2. The van der Waals surface area contributed by atoms with Crippen molar-refractivity contribution in [2.45, 2.75) is 6.92 Å². The number of aromatic amines is 1. The maximum absolute atomic E-state index is 12.6. The molecule has 2 N–H and O–H groups in total. The zero-order valence-electron chi connectivity index (χ0n) is 14.2. The van der Waals surface area contributed by atoms with Crippen LogP contribution < -0.4 is 10.9 Å². The van der Waals surface area contributed by atoms with E-state index in [9.17, 15) is 9.59 Å². The smallest absolute Gasteiger partial charge is 0.295 e. The predicted octanol–water partition coefficient (Wildman–Crippen LogP) is 3.71. The van der Waals surface area contributed by atoms with E-state index in [-0.39, 0.29) is 16.8 Å². The summed E-state index contributed by atoms with van der Waals surface area (Å²) in [4.78, 5) is 31.6. The first-order valence-corrected chi connectivity index (χ1v) is 8.52. The lowest BCUT2D eigenvalue weighted by atomic mass is 10.1. The van der Waals surface area contributed by atoms with Crippen LogP contribution in [0, 0.1) is 0 Å². The molecule has 0 amide bonds. The van der Waals surface area contributed by atoms with Crippen LogP contribution in [0.1, 0.15) is 17.3 Å². The number of nitrogens with zero attached hydrogens (tertiary/aromatic N) is 3. The van der Waals surface area contributed by atoms with Gasteiger partial charge in [-0.3, -0.25) is 9.59 Å². The molecule has 2 aromatic carbocycles. The number of carbonyl (C=O) groups is 1. The molecule has 0 bridgehead atoms. The number of fused-ring (bicyclic) bond motifs is 1. The molecule has 0 aliphatic heterocycles. The Morgan fingerprint density at radius 2 is 2.00 bits per heavy atom. The minimum absolute atomic E-state index is 0.0290. The van der Waals surface area contributed by atoms with Crippen molar-refractivity contribution < 1.29 is 4.79 Å². The van der Waals surface area contributed by atoms with Gasteiger partial charge in [0.05, 0.1) is 22.9 Å². The van der Waals surface area contributed by atoms with E-state index in [1.165, 1.54) is 13.1 Å². The SMILES string of the molecule is CC(=O)c1cccc(Nc2cnn(-c3nc4ccccc4[nH]3)c(=O)c2Cl)c1. The zero-order chi connectivity index (χ0) is 19.0. The first-order chi connectivity index (χ1) is 13.0. The number of halogens is 1. The summed E-state index contributed by atoms with van der Waals surface area (Å²) in [5, 5.41) is 7.15. The van der Waals surface area contributed by atoms with Crippen molar-refractivity contribution in [2.75, 3.05) is 5.32 Å². The quantitative estimate of drug-likeness (QED) is 0.527. The van der Waals surface area contributed by atoms with Gasteiger partial charge >= 0.3 is 0 Å². The third kappa shape index (κ3) is 3.20. The minimum atomic E-state index is -0.511. The Morgan fingerprint density at radius 1 is 1.19 bits per heavy atom. The fourth-order valence-corrected chi connectivity index (χ4v) is 2.86. The van der Waals surface area contributed by atoms with Crippen LogP contribution in [-0.2, 0) is 0 Å². The molecule has 2 aromatic heterocycles. The Morgan fingerprint density at radius 3 is 2.78 bits per heavy atom. The molecule has 0 aliphatic carbocycles. The van der Waals surface area contributed by atoms with Crippen LogP contribution in [0.4, 0.5) is 11.4 Å². The number of ketones is 1. The monoisotopic (exact) mass is 379 g/mol. The molecule has 4 aromatic rings. The van der Waals surface area contributed by atoms with Crippen LogP contribution in [0.3, 0.4) is 0 Å². The van der Waals surface area contributed by atoms with Gasteiger partial charge in [0.25, 0.3) is 5.56 Å². The molecule has 8 heteroatoms. The van der Waals surface area contributed by atoms with E-state index < -0.39 is 5.56 Å². The maximum atomic E-state index is 12.6. The highest BCUT2D eigenvalue weighted by Crippen LogP contribution is 2.23. The van der Waals surface area contributed by atoms with Crippen molar-refractivity contribution >= 4 is 39.8 Å². The largest absolute Gasteiger partial charge is 0.353 e. The van der Waals surface area contributed by atoms with Crippen LogP contribution in [0.15, 0.2) is 59.5 Å². The number of H-pyrrole nitrogens is 1. The number of benzene rings is 2. The molecule has 0 aliphatic rings. The van der Waals surface area contributed by atoms with Gasteiger partial charge in [-0.05, 0) is 31.2 Å². The molecular weight excluding hydrogens is 366 g/mol. The van der Waals surface area contributed by atoms with Crippen molar-refractivity contribution in [1.82, 2.24) is 19.7 Å². The number of aromatic nitrogens is 4. The summed E-state index contributed by atoms with van der Waals surface area (Å²) in [6.45, 7) is 1.49. The van der Waals surface area contributed by atoms with Crippen LogP contribution in [0.25, 0.3) is 17.0 Å². The Hall–Kier alpha value is -3.45. The van der Waals surface area contributed by atoms with E-state index in [1.807, 2.05) is 24.3 Å². The molecule has 7 nitrogen and oxygen atoms in total. The molecule has 0 fully saturated rings. The van der Waals surface area contributed by atoms with Gasteiger partial charge in [-0.2, -0.15) is 9.78 Å². The number of nitrogens with one attached hydrogen (secondary N) is 2. The van der Waals surface area contributed by atoms with Gasteiger partial charge in [0.2, 0.25) is 5.95 Å². The molecule has 0 unspecified atom stereocenters. The second-order valence-corrected chi connectivity index (χ2v) is 6.31. The number of hydrogen-bond donors (Lipinski definition) is 2. The summed E-state index contributed by atoms with van der Waals surface area (Å²) in [5.41, 5.74) is 2.53. The first-order valence-electron chi connectivity index (χ1n) is 8.14. The molecule has 4 rings (SSSR count). The number of anilines is 2. The minimum Gasteiger partial charge on any atom is -0.353 e. The number of rotatable bonds is 4. The molecule has 27 heavy (non-hydrogen) atoms. The summed E-state index contributed by atoms with van der Waals surface area (Å²) in [6.07, 6.45) is 1.44. The van der Waals surface area contributed by atoms with Gasteiger partial charge in [-0.15, -0.1) is 0 Å².